The Morgan fingerprint density at radius 2 is 2.12 bits per heavy atom. The predicted octanol–water partition coefficient (Wildman–Crippen LogP) is 1.38. The van der Waals surface area contributed by atoms with E-state index in [9.17, 15) is 8.42 Å². The molecule has 1 fully saturated rings. The summed E-state index contributed by atoms with van der Waals surface area (Å²) in [7, 11) is -1.12. The Kier molecular flexibility index (Phi) is 3.31. The highest BCUT2D eigenvalue weighted by Gasteiger charge is 2.41. The van der Waals surface area contributed by atoms with Gasteiger partial charge in [0.05, 0.1) is 22.7 Å². The van der Waals surface area contributed by atoms with Gasteiger partial charge < -0.3 is 5.32 Å². The predicted molar refractivity (Wildman–Crippen MR) is 70.2 cm³/mol. The summed E-state index contributed by atoms with van der Waals surface area (Å²) < 4.78 is 23.7. The van der Waals surface area contributed by atoms with E-state index >= 15 is 0 Å². The van der Waals surface area contributed by atoms with Crippen LogP contribution in [-0.4, -0.2) is 32.0 Å². The second-order valence-corrected chi connectivity index (χ2v) is 8.08. The van der Waals surface area contributed by atoms with Gasteiger partial charge >= 0.3 is 0 Å². The number of thiazole rings is 1. The number of hydrogen-bond donors (Lipinski definition) is 1. The van der Waals surface area contributed by atoms with Gasteiger partial charge in [0.1, 0.15) is 5.01 Å². The molecule has 2 heterocycles. The fraction of sp³-hybridized carbons (Fsp3) is 0.727. The molecule has 1 aliphatic heterocycles. The number of nitrogens with one attached hydrogen (secondary N) is 1. The molecule has 1 saturated heterocycles. The van der Waals surface area contributed by atoms with Gasteiger partial charge in [0.25, 0.3) is 0 Å². The van der Waals surface area contributed by atoms with E-state index in [1.54, 1.807) is 11.3 Å². The average Bonchev–Trinajstić information content (AvgIpc) is 2.58. The number of rotatable bonds is 2. The maximum absolute atomic E-state index is 11.8. The molecule has 1 atom stereocenters. The molecule has 0 radical (unpaired) electrons. The first kappa shape index (κ1) is 13.0. The fourth-order valence-electron chi connectivity index (χ4n) is 2.26. The second kappa shape index (κ2) is 4.33. The van der Waals surface area contributed by atoms with Crippen molar-refractivity contribution >= 4 is 21.2 Å². The highest BCUT2D eigenvalue weighted by atomic mass is 32.2. The first-order chi connectivity index (χ1) is 7.88. The summed E-state index contributed by atoms with van der Waals surface area (Å²) in [4.78, 5) is 5.70. The van der Waals surface area contributed by atoms with Gasteiger partial charge in [0.15, 0.2) is 9.84 Å². The van der Waals surface area contributed by atoms with Crippen LogP contribution in [0, 0.1) is 13.8 Å². The van der Waals surface area contributed by atoms with Crippen LogP contribution in [0.1, 0.15) is 28.4 Å². The minimum atomic E-state index is -2.95. The van der Waals surface area contributed by atoms with E-state index in [2.05, 4.69) is 10.3 Å². The minimum Gasteiger partial charge on any atom is -0.308 e. The molecule has 1 aromatic rings. The zero-order chi connectivity index (χ0) is 12.7. The average molecular weight is 274 g/mol. The summed E-state index contributed by atoms with van der Waals surface area (Å²) in [5.74, 6) is 0.475. The molecule has 1 N–H and O–H groups in total. The Hall–Kier alpha value is -0.460. The Balaban J connectivity index is 2.44. The molecule has 0 spiro atoms. The van der Waals surface area contributed by atoms with Crippen LogP contribution in [0.15, 0.2) is 0 Å². The van der Waals surface area contributed by atoms with E-state index in [0.29, 0.717) is 12.2 Å². The number of hydrogen-bond acceptors (Lipinski definition) is 5. The van der Waals surface area contributed by atoms with Crippen molar-refractivity contribution in [1.29, 1.82) is 0 Å². The molecular formula is C11H18N2O2S2. The maximum Gasteiger partial charge on any atom is 0.152 e. The van der Waals surface area contributed by atoms with Gasteiger partial charge in [0.2, 0.25) is 0 Å². The van der Waals surface area contributed by atoms with Crippen molar-refractivity contribution in [2.75, 3.05) is 18.6 Å². The highest BCUT2D eigenvalue weighted by molar-refractivity contribution is 7.91. The molecule has 1 unspecified atom stereocenters. The lowest BCUT2D eigenvalue weighted by Gasteiger charge is -2.34. The van der Waals surface area contributed by atoms with Crippen molar-refractivity contribution in [1.82, 2.24) is 10.3 Å². The molecule has 6 heteroatoms. The molecule has 0 bridgehead atoms. The Morgan fingerprint density at radius 3 is 2.59 bits per heavy atom. The lowest BCUT2D eigenvalue weighted by atomic mass is 9.96. The number of aromatic nitrogens is 1. The maximum atomic E-state index is 11.8. The quantitative estimate of drug-likeness (QED) is 0.885. The number of sulfone groups is 1. The summed E-state index contributed by atoms with van der Waals surface area (Å²) in [6, 6.07) is 0. The summed E-state index contributed by atoms with van der Waals surface area (Å²) in [5, 5.41) is 4.11. The molecule has 1 aliphatic rings. The van der Waals surface area contributed by atoms with Crippen molar-refractivity contribution in [3.8, 4) is 0 Å². The van der Waals surface area contributed by atoms with Gasteiger partial charge in [-0.3, -0.25) is 0 Å². The van der Waals surface area contributed by atoms with Crippen LogP contribution in [0.4, 0.5) is 0 Å². The SMILES string of the molecule is CNC1(c2nc(C)c(C)s2)CCCS(=O)(=O)C1. The van der Waals surface area contributed by atoms with Gasteiger partial charge in [-0.05, 0) is 33.7 Å². The third kappa shape index (κ3) is 2.39. The molecule has 17 heavy (non-hydrogen) atoms. The molecule has 0 saturated carbocycles. The molecule has 4 nitrogen and oxygen atoms in total. The monoisotopic (exact) mass is 274 g/mol. The first-order valence-electron chi connectivity index (χ1n) is 5.72. The van der Waals surface area contributed by atoms with E-state index in [0.717, 1.165) is 22.0 Å². The van der Waals surface area contributed by atoms with Gasteiger partial charge in [-0.25, -0.2) is 13.4 Å². The molecule has 96 valence electrons. The van der Waals surface area contributed by atoms with Crippen molar-refractivity contribution in [2.24, 2.45) is 0 Å². The topological polar surface area (TPSA) is 59.1 Å². The minimum absolute atomic E-state index is 0.170. The number of aryl methyl sites for hydroxylation is 2. The van der Waals surface area contributed by atoms with Crippen LogP contribution in [0.3, 0.4) is 0 Å². The van der Waals surface area contributed by atoms with Crippen molar-refractivity contribution < 1.29 is 8.42 Å². The second-order valence-electron chi connectivity index (χ2n) is 4.69. The Morgan fingerprint density at radius 1 is 1.41 bits per heavy atom. The third-order valence-electron chi connectivity index (χ3n) is 3.44. The molecule has 0 aliphatic carbocycles. The van der Waals surface area contributed by atoms with Crippen molar-refractivity contribution in [3.63, 3.8) is 0 Å². The van der Waals surface area contributed by atoms with Crippen LogP contribution in [-0.2, 0) is 15.4 Å². The van der Waals surface area contributed by atoms with Crippen LogP contribution in [0.25, 0.3) is 0 Å². The largest absolute Gasteiger partial charge is 0.308 e. The van der Waals surface area contributed by atoms with Gasteiger partial charge in [0, 0.05) is 4.88 Å². The first-order valence-corrected chi connectivity index (χ1v) is 8.36. The molecule has 0 aromatic carbocycles. The van der Waals surface area contributed by atoms with E-state index in [4.69, 9.17) is 0 Å². The summed E-state index contributed by atoms with van der Waals surface area (Å²) in [6.45, 7) is 3.99. The van der Waals surface area contributed by atoms with E-state index in [-0.39, 0.29) is 5.75 Å². The van der Waals surface area contributed by atoms with E-state index < -0.39 is 15.4 Å². The summed E-state index contributed by atoms with van der Waals surface area (Å²) in [6.07, 6.45) is 1.55. The zero-order valence-electron chi connectivity index (χ0n) is 10.4. The molecule has 1 aromatic heterocycles. The standard InChI is InChI=1S/C11H18N2O2S2/c1-8-9(2)16-10(13-8)11(12-3)5-4-6-17(14,15)7-11/h12H,4-7H2,1-3H3. The normalized spacial score (nSPS) is 28.2. The highest BCUT2D eigenvalue weighted by Crippen LogP contribution is 2.35. The van der Waals surface area contributed by atoms with Crippen LogP contribution in [0.5, 0.6) is 0 Å². The van der Waals surface area contributed by atoms with Crippen molar-refractivity contribution in [2.45, 2.75) is 32.2 Å². The van der Waals surface area contributed by atoms with Crippen molar-refractivity contribution in [3.05, 3.63) is 15.6 Å². The Bertz CT molecular complexity index is 502. The van der Waals surface area contributed by atoms with E-state index in [1.807, 2.05) is 20.9 Å². The van der Waals surface area contributed by atoms with Gasteiger partial charge in [-0.1, -0.05) is 0 Å². The van der Waals surface area contributed by atoms with E-state index in [1.165, 1.54) is 0 Å². The lowest BCUT2D eigenvalue weighted by Crippen LogP contribution is -2.49. The van der Waals surface area contributed by atoms with Crippen LogP contribution in [0.2, 0.25) is 0 Å². The molecular weight excluding hydrogens is 256 g/mol. The molecule has 0 amide bonds. The van der Waals surface area contributed by atoms with Gasteiger partial charge in [-0.2, -0.15) is 0 Å². The summed E-state index contributed by atoms with van der Waals surface area (Å²) >= 11 is 1.61. The number of nitrogens with zero attached hydrogens (tertiary/aromatic N) is 1. The molecule has 2 rings (SSSR count). The summed E-state index contributed by atoms with van der Waals surface area (Å²) in [5.41, 5.74) is 0.531. The van der Waals surface area contributed by atoms with Crippen LogP contribution >= 0.6 is 11.3 Å². The Labute approximate surface area is 106 Å². The third-order valence-corrected chi connectivity index (χ3v) is 6.56. The fourth-order valence-corrected chi connectivity index (χ4v) is 5.40. The van der Waals surface area contributed by atoms with Crippen LogP contribution < -0.4 is 5.32 Å². The zero-order valence-corrected chi connectivity index (χ0v) is 12.0. The van der Waals surface area contributed by atoms with Gasteiger partial charge in [-0.15, -0.1) is 11.3 Å². The smallest absolute Gasteiger partial charge is 0.152 e. The lowest BCUT2D eigenvalue weighted by molar-refractivity contribution is 0.351.